The van der Waals surface area contributed by atoms with Crippen LogP contribution >= 0.6 is 0 Å². The average Bonchev–Trinajstić information content (AvgIpc) is 3.07. The number of sulfonamides is 1. The number of nitrogens with one attached hydrogen (secondary N) is 1. The molecule has 1 aliphatic rings. The maximum atomic E-state index is 13.1. The van der Waals surface area contributed by atoms with Crippen molar-refractivity contribution in [1.29, 1.82) is 0 Å². The van der Waals surface area contributed by atoms with Crippen LogP contribution in [0.5, 0.6) is 11.5 Å². The second-order valence-electron chi connectivity index (χ2n) is 13.4. The van der Waals surface area contributed by atoms with E-state index in [0.717, 1.165) is 43.2 Å². The normalized spacial score (nSPS) is 14.4. The predicted octanol–water partition coefficient (Wildman–Crippen LogP) is 5.44. The van der Waals surface area contributed by atoms with Gasteiger partial charge in [0.05, 0.1) is 36.6 Å². The molecule has 272 valence electrons. The number of carbonyl (C=O) groups excluding carboxylic acids is 2. The molecule has 50 heavy (non-hydrogen) atoms. The van der Waals surface area contributed by atoms with Gasteiger partial charge in [0.1, 0.15) is 23.7 Å². The van der Waals surface area contributed by atoms with Crippen molar-refractivity contribution in [3.8, 4) is 22.6 Å². The van der Waals surface area contributed by atoms with Crippen molar-refractivity contribution in [2.45, 2.75) is 77.1 Å². The summed E-state index contributed by atoms with van der Waals surface area (Å²) < 4.78 is 44.7. The van der Waals surface area contributed by atoms with Gasteiger partial charge in [0, 0.05) is 12.3 Å². The molecule has 3 aromatic rings. The van der Waals surface area contributed by atoms with Crippen LogP contribution in [0.15, 0.2) is 66.7 Å². The minimum atomic E-state index is -3.93. The van der Waals surface area contributed by atoms with Crippen LogP contribution in [0.3, 0.4) is 0 Å². The minimum absolute atomic E-state index is 0.00496. The van der Waals surface area contributed by atoms with E-state index in [1.807, 2.05) is 12.1 Å². The van der Waals surface area contributed by atoms with Crippen LogP contribution in [0.2, 0.25) is 0 Å². The number of nitrogen functional groups attached to an aromatic ring is 1. The summed E-state index contributed by atoms with van der Waals surface area (Å²) >= 11 is 0. The van der Waals surface area contributed by atoms with Crippen LogP contribution in [0.4, 0.5) is 10.5 Å². The molecule has 0 aromatic heterocycles. The molecule has 0 heterocycles. The second kappa shape index (κ2) is 17.6. The standard InChI is InChI=1S/C37H49N3O9S/c1-37(2,3)49-36(44)40(25-33(42)27-10-15-29(38)16-11-27)20-22-47-30-17-12-26(13-18-30)28-14-19-32(35(43)39-50(45,46)23-7-21-41)34(24-28)48-31-8-5-4-6-9-31/h10-19,24,31,33,41-42H,4-9,20-23,25,38H2,1-3H3,(H,39,43)/t33-/m0/s1. The molecule has 0 spiro atoms. The molecule has 13 heteroatoms. The number of hydrogen-bond acceptors (Lipinski definition) is 10. The predicted molar refractivity (Wildman–Crippen MR) is 191 cm³/mol. The third kappa shape index (κ3) is 11.9. The zero-order valence-electron chi connectivity index (χ0n) is 29.0. The fourth-order valence-electron chi connectivity index (χ4n) is 5.48. The minimum Gasteiger partial charge on any atom is -0.492 e. The number of benzene rings is 3. The first-order valence-corrected chi connectivity index (χ1v) is 18.6. The highest BCUT2D eigenvalue weighted by Crippen LogP contribution is 2.32. The van der Waals surface area contributed by atoms with E-state index in [1.54, 1.807) is 75.4 Å². The number of rotatable bonds is 15. The van der Waals surface area contributed by atoms with Crippen molar-refractivity contribution in [3.63, 3.8) is 0 Å². The summed E-state index contributed by atoms with van der Waals surface area (Å²) in [6.07, 6.45) is 3.25. The lowest BCUT2D eigenvalue weighted by molar-refractivity contribution is 0.0117. The number of amides is 2. The fraction of sp³-hybridized carbons (Fsp3) is 0.459. The summed E-state index contributed by atoms with van der Waals surface area (Å²) in [6.45, 7) is 5.31. The Balaban J connectivity index is 1.45. The zero-order valence-corrected chi connectivity index (χ0v) is 29.8. The quantitative estimate of drug-likeness (QED) is 0.149. The molecule has 0 radical (unpaired) electrons. The number of anilines is 1. The van der Waals surface area contributed by atoms with Gasteiger partial charge < -0.3 is 35.1 Å². The van der Waals surface area contributed by atoms with Crippen LogP contribution in [-0.4, -0.2) is 79.3 Å². The largest absolute Gasteiger partial charge is 0.492 e. The lowest BCUT2D eigenvalue weighted by Crippen LogP contribution is -2.41. The Bertz CT molecular complexity index is 1670. The summed E-state index contributed by atoms with van der Waals surface area (Å²) in [6, 6.07) is 19.1. The molecule has 1 atom stereocenters. The molecular weight excluding hydrogens is 662 g/mol. The molecule has 1 saturated carbocycles. The Morgan fingerprint density at radius 3 is 2.28 bits per heavy atom. The van der Waals surface area contributed by atoms with E-state index in [9.17, 15) is 23.1 Å². The lowest BCUT2D eigenvalue weighted by atomic mass is 9.97. The molecule has 0 aliphatic heterocycles. The van der Waals surface area contributed by atoms with Crippen LogP contribution < -0.4 is 19.9 Å². The summed E-state index contributed by atoms with van der Waals surface area (Å²) in [5.74, 6) is -0.302. The number of aliphatic hydroxyl groups is 2. The molecule has 0 saturated heterocycles. The highest BCUT2D eigenvalue weighted by atomic mass is 32.2. The van der Waals surface area contributed by atoms with E-state index in [1.165, 1.54) is 4.90 Å². The van der Waals surface area contributed by atoms with Crippen LogP contribution in [0.1, 0.15) is 81.3 Å². The fourth-order valence-corrected chi connectivity index (χ4v) is 6.49. The first-order valence-electron chi connectivity index (χ1n) is 16.9. The van der Waals surface area contributed by atoms with E-state index in [2.05, 4.69) is 4.72 Å². The number of nitrogens with zero attached hydrogens (tertiary/aromatic N) is 1. The van der Waals surface area contributed by atoms with E-state index < -0.39 is 33.7 Å². The van der Waals surface area contributed by atoms with E-state index in [4.69, 9.17) is 25.1 Å². The van der Waals surface area contributed by atoms with Gasteiger partial charge in [-0.1, -0.05) is 36.8 Å². The third-order valence-electron chi connectivity index (χ3n) is 8.08. The number of aliphatic hydroxyl groups excluding tert-OH is 2. The molecular formula is C37H49N3O9S. The summed E-state index contributed by atoms with van der Waals surface area (Å²) in [5, 5.41) is 19.8. The van der Waals surface area contributed by atoms with Crippen molar-refractivity contribution >= 4 is 27.7 Å². The van der Waals surface area contributed by atoms with E-state index in [0.29, 0.717) is 22.7 Å². The molecule has 12 nitrogen and oxygen atoms in total. The number of ether oxygens (including phenoxy) is 3. The Hall–Kier alpha value is -4.33. The second-order valence-corrected chi connectivity index (χ2v) is 15.2. The van der Waals surface area contributed by atoms with Gasteiger partial charge in [-0.3, -0.25) is 4.79 Å². The summed E-state index contributed by atoms with van der Waals surface area (Å²) in [7, 11) is -3.93. The van der Waals surface area contributed by atoms with Crippen molar-refractivity contribution < 1.29 is 42.4 Å². The molecule has 0 bridgehead atoms. The Labute approximate surface area is 294 Å². The molecule has 0 unspecified atom stereocenters. The molecule has 2 amide bonds. The van der Waals surface area contributed by atoms with E-state index >= 15 is 0 Å². The smallest absolute Gasteiger partial charge is 0.410 e. The molecule has 1 fully saturated rings. The summed E-state index contributed by atoms with van der Waals surface area (Å²) in [5.41, 5.74) is 7.92. The van der Waals surface area contributed by atoms with E-state index in [-0.39, 0.29) is 50.1 Å². The lowest BCUT2D eigenvalue weighted by Gasteiger charge is -2.29. The topological polar surface area (TPSA) is 178 Å². The van der Waals surface area contributed by atoms with Gasteiger partial charge in [0.2, 0.25) is 10.0 Å². The number of nitrogens with two attached hydrogens (primary N) is 1. The summed E-state index contributed by atoms with van der Waals surface area (Å²) in [4.78, 5) is 27.5. The zero-order chi connectivity index (χ0) is 36.3. The molecule has 3 aromatic carbocycles. The first kappa shape index (κ1) is 38.5. The Kier molecular flexibility index (Phi) is 13.5. The molecule has 4 rings (SSSR count). The van der Waals surface area contributed by atoms with Crippen molar-refractivity contribution in [2.75, 3.05) is 37.8 Å². The van der Waals surface area contributed by atoms with Gasteiger partial charge >= 0.3 is 6.09 Å². The van der Waals surface area contributed by atoms with Gasteiger partial charge in [-0.05, 0) is 106 Å². The van der Waals surface area contributed by atoms with Gasteiger partial charge in [0.25, 0.3) is 5.91 Å². The number of hydrogen-bond donors (Lipinski definition) is 4. The van der Waals surface area contributed by atoms with Crippen LogP contribution in [0, 0.1) is 0 Å². The maximum Gasteiger partial charge on any atom is 0.410 e. The van der Waals surface area contributed by atoms with Crippen molar-refractivity contribution in [2.24, 2.45) is 0 Å². The van der Waals surface area contributed by atoms with Gasteiger partial charge in [-0.15, -0.1) is 0 Å². The highest BCUT2D eigenvalue weighted by molar-refractivity contribution is 7.90. The highest BCUT2D eigenvalue weighted by Gasteiger charge is 2.26. The van der Waals surface area contributed by atoms with Crippen molar-refractivity contribution in [3.05, 3.63) is 77.9 Å². The van der Waals surface area contributed by atoms with Gasteiger partial charge in [0.15, 0.2) is 0 Å². The van der Waals surface area contributed by atoms with Crippen LogP contribution in [0.25, 0.3) is 11.1 Å². The average molecular weight is 712 g/mol. The third-order valence-corrected chi connectivity index (χ3v) is 9.40. The maximum absolute atomic E-state index is 13.1. The Morgan fingerprint density at radius 1 is 0.980 bits per heavy atom. The first-order chi connectivity index (χ1) is 23.7. The monoisotopic (exact) mass is 711 g/mol. The Morgan fingerprint density at radius 2 is 1.64 bits per heavy atom. The molecule has 5 N–H and O–H groups in total. The van der Waals surface area contributed by atoms with Crippen molar-refractivity contribution in [1.82, 2.24) is 9.62 Å². The van der Waals surface area contributed by atoms with Gasteiger partial charge in [-0.2, -0.15) is 0 Å². The molecule has 1 aliphatic carbocycles. The SMILES string of the molecule is CC(C)(C)OC(=O)N(CCOc1ccc(-c2ccc(C(=O)NS(=O)(=O)CCCO)c(OC3CCCCC3)c2)cc1)C[C@H](O)c1ccc(N)cc1. The van der Waals surface area contributed by atoms with Crippen LogP contribution in [-0.2, 0) is 14.8 Å². The number of carbonyl (C=O) groups is 2. The van der Waals surface area contributed by atoms with Gasteiger partial charge in [-0.25, -0.2) is 17.9 Å².